The Morgan fingerprint density at radius 1 is 1.25 bits per heavy atom. The second-order valence-electron chi connectivity index (χ2n) is 6.11. The molecule has 112 valence electrons. The Bertz CT molecular complexity index is 370. The highest BCUT2D eigenvalue weighted by atomic mass is 16.5. The molecule has 0 aliphatic carbocycles. The van der Waals surface area contributed by atoms with Crippen LogP contribution in [0.2, 0.25) is 0 Å². The lowest BCUT2D eigenvalue weighted by Crippen LogP contribution is -2.52. The first-order chi connectivity index (χ1) is 9.74. The van der Waals surface area contributed by atoms with Gasteiger partial charge in [-0.05, 0) is 57.6 Å². The molecule has 0 spiro atoms. The fourth-order valence-electron chi connectivity index (χ4n) is 3.26. The molecule has 0 amide bonds. The molecule has 1 heterocycles. The van der Waals surface area contributed by atoms with E-state index in [1.165, 1.54) is 44.1 Å². The van der Waals surface area contributed by atoms with E-state index < -0.39 is 0 Å². The predicted octanol–water partition coefficient (Wildman–Crippen LogP) is 3.95. The van der Waals surface area contributed by atoms with Gasteiger partial charge in [0.1, 0.15) is 0 Å². The summed E-state index contributed by atoms with van der Waals surface area (Å²) < 4.78 is 6.12. The number of likely N-dealkylation sites (N-methyl/N-ethyl adjacent to an activating group) is 1. The van der Waals surface area contributed by atoms with Crippen LogP contribution in [0.1, 0.15) is 51.5 Å². The van der Waals surface area contributed by atoms with Crippen LogP contribution in [0.4, 0.5) is 0 Å². The van der Waals surface area contributed by atoms with Crippen molar-refractivity contribution in [3.8, 4) is 0 Å². The lowest BCUT2D eigenvalue weighted by atomic mass is 9.85. The maximum absolute atomic E-state index is 6.12. The molecule has 1 aliphatic rings. The van der Waals surface area contributed by atoms with Gasteiger partial charge in [-0.1, -0.05) is 37.3 Å². The maximum Gasteiger partial charge on any atom is 0.0806 e. The summed E-state index contributed by atoms with van der Waals surface area (Å²) in [5, 5.41) is 3.65. The summed E-state index contributed by atoms with van der Waals surface area (Å²) in [6.07, 6.45) is 7.30. The van der Waals surface area contributed by atoms with E-state index in [4.69, 9.17) is 4.74 Å². The van der Waals surface area contributed by atoms with E-state index in [0.717, 1.165) is 13.2 Å². The highest BCUT2D eigenvalue weighted by molar-refractivity contribution is 5.14. The molecule has 1 aromatic carbocycles. The van der Waals surface area contributed by atoms with E-state index in [0.29, 0.717) is 6.04 Å². The molecule has 2 atom stereocenters. The summed E-state index contributed by atoms with van der Waals surface area (Å²) in [6, 6.07) is 11.3. The molecule has 2 unspecified atom stereocenters. The van der Waals surface area contributed by atoms with Gasteiger partial charge < -0.3 is 10.1 Å². The summed E-state index contributed by atoms with van der Waals surface area (Å²) >= 11 is 0. The minimum Gasteiger partial charge on any atom is -0.374 e. The first kappa shape index (κ1) is 15.5. The first-order valence-electron chi connectivity index (χ1n) is 8.16. The number of hydrogen-bond donors (Lipinski definition) is 1. The van der Waals surface area contributed by atoms with Crippen molar-refractivity contribution in [1.29, 1.82) is 0 Å². The SMILES string of the molecule is CCNC(CCCc1ccccc1)C1(C)CCCCO1. The Hall–Kier alpha value is -0.860. The molecule has 0 bridgehead atoms. The van der Waals surface area contributed by atoms with Gasteiger partial charge in [0.05, 0.1) is 5.60 Å². The molecule has 1 N–H and O–H groups in total. The van der Waals surface area contributed by atoms with Gasteiger partial charge in [0, 0.05) is 12.6 Å². The van der Waals surface area contributed by atoms with Crippen molar-refractivity contribution in [2.24, 2.45) is 0 Å². The molecule has 2 heteroatoms. The van der Waals surface area contributed by atoms with Crippen LogP contribution in [0.15, 0.2) is 30.3 Å². The molecule has 0 saturated carbocycles. The third-order valence-electron chi connectivity index (χ3n) is 4.49. The van der Waals surface area contributed by atoms with Gasteiger partial charge in [-0.25, -0.2) is 0 Å². The topological polar surface area (TPSA) is 21.3 Å². The lowest BCUT2D eigenvalue weighted by Gasteiger charge is -2.41. The summed E-state index contributed by atoms with van der Waals surface area (Å²) in [4.78, 5) is 0. The largest absolute Gasteiger partial charge is 0.374 e. The van der Waals surface area contributed by atoms with E-state index in [-0.39, 0.29) is 5.60 Å². The fraction of sp³-hybridized carbons (Fsp3) is 0.667. The second-order valence-corrected chi connectivity index (χ2v) is 6.11. The fourth-order valence-corrected chi connectivity index (χ4v) is 3.26. The minimum atomic E-state index is 0.0327. The second kappa shape index (κ2) is 7.80. The number of ether oxygens (including phenoxy) is 1. The molecule has 2 nitrogen and oxygen atoms in total. The smallest absolute Gasteiger partial charge is 0.0806 e. The van der Waals surface area contributed by atoms with Gasteiger partial charge in [-0.3, -0.25) is 0 Å². The van der Waals surface area contributed by atoms with Gasteiger partial charge in [0.15, 0.2) is 0 Å². The molecule has 1 saturated heterocycles. The van der Waals surface area contributed by atoms with E-state index in [2.05, 4.69) is 49.5 Å². The standard InChI is InChI=1S/C18H29NO/c1-3-19-17(18(2)14-7-8-15-20-18)13-9-12-16-10-5-4-6-11-16/h4-6,10-11,17,19H,3,7-9,12-15H2,1-2H3. The summed E-state index contributed by atoms with van der Waals surface area (Å²) in [7, 11) is 0. The average molecular weight is 275 g/mol. The Balaban J connectivity index is 1.85. The molecular weight excluding hydrogens is 246 g/mol. The highest BCUT2D eigenvalue weighted by Gasteiger charge is 2.35. The summed E-state index contributed by atoms with van der Waals surface area (Å²) in [6.45, 7) is 6.43. The van der Waals surface area contributed by atoms with Crippen molar-refractivity contribution in [2.45, 2.75) is 64.0 Å². The number of nitrogens with one attached hydrogen (secondary N) is 1. The van der Waals surface area contributed by atoms with Crippen molar-refractivity contribution in [3.63, 3.8) is 0 Å². The minimum absolute atomic E-state index is 0.0327. The zero-order chi connectivity index (χ0) is 14.3. The van der Waals surface area contributed by atoms with E-state index in [1.54, 1.807) is 0 Å². The Morgan fingerprint density at radius 2 is 2.05 bits per heavy atom. The van der Waals surface area contributed by atoms with Crippen molar-refractivity contribution in [2.75, 3.05) is 13.2 Å². The zero-order valence-corrected chi connectivity index (χ0v) is 13.0. The third kappa shape index (κ3) is 4.32. The van der Waals surface area contributed by atoms with Gasteiger partial charge in [-0.15, -0.1) is 0 Å². The molecule has 0 aromatic heterocycles. The predicted molar refractivity (Wildman–Crippen MR) is 85.1 cm³/mol. The lowest BCUT2D eigenvalue weighted by molar-refractivity contribution is -0.0900. The van der Waals surface area contributed by atoms with E-state index in [9.17, 15) is 0 Å². The van der Waals surface area contributed by atoms with Crippen LogP contribution in [0, 0.1) is 0 Å². The monoisotopic (exact) mass is 275 g/mol. The first-order valence-corrected chi connectivity index (χ1v) is 8.16. The Kier molecular flexibility index (Phi) is 6.06. The van der Waals surface area contributed by atoms with Crippen LogP contribution in [-0.2, 0) is 11.2 Å². The van der Waals surface area contributed by atoms with Crippen molar-refractivity contribution in [1.82, 2.24) is 5.32 Å². The third-order valence-corrected chi connectivity index (χ3v) is 4.49. The molecule has 1 aliphatic heterocycles. The van der Waals surface area contributed by atoms with Crippen LogP contribution in [0.5, 0.6) is 0 Å². The Morgan fingerprint density at radius 3 is 2.70 bits per heavy atom. The number of benzene rings is 1. The quantitative estimate of drug-likeness (QED) is 0.813. The van der Waals surface area contributed by atoms with Gasteiger partial charge >= 0.3 is 0 Å². The van der Waals surface area contributed by atoms with Gasteiger partial charge in [0.2, 0.25) is 0 Å². The molecule has 20 heavy (non-hydrogen) atoms. The summed E-state index contributed by atoms with van der Waals surface area (Å²) in [5.74, 6) is 0. The maximum atomic E-state index is 6.12. The van der Waals surface area contributed by atoms with Gasteiger partial charge in [0.25, 0.3) is 0 Å². The number of hydrogen-bond acceptors (Lipinski definition) is 2. The Labute approximate surface area is 123 Å². The highest BCUT2D eigenvalue weighted by Crippen LogP contribution is 2.30. The zero-order valence-electron chi connectivity index (χ0n) is 13.0. The van der Waals surface area contributed by atoms with E-state index >= 15 is 0 Å². The summed E-state index contributed by atoms with van der Waals surface area (Å²) in [5.41, 5.74) is 1.47. The normalized spacial score (nSPS) is 24.5. The van der Waals surface area contributed by atoms with E-state index in [1.807, 2.05) is 0 Å². The van der Waals surface area contributed by atoms with Crippen molar-refractivity contribution < 1.29 is 4.74 Å². The average Bonchev–Trinajstić information content (AvgIpc) is 2.48. The van der Waals surface area contributed by atoms with Crippen LogP contribution in [0.3, 0.4) is 0 Å². The number of rotatable bonds is 7. The van der Waals surface area contributed by atoms with Crippen LogP contribution in [-0.4, -0.2) is 24.8 Å². The molecule has 1 aromatic rings. The van der Waals surface area contributed by atoms with Crippen molar-refractivity contribution >= 4 is 0 Å². The number of aryl methyl sites for hydroxylation is 1. The molecule has 2 rings (SSSR count). The van der Waals surface area contributed by atoms with Crippen molar-refractivity contribution in [3.05, 3.63) is 35.9 Å². The van der Waals surface area contributed by atoms with Crippen LogP contribution in [0.25, 0.3) is 0 Å². The van der Waals surface area contributed by atoms with Gasteiger partial charge in [-0.2, -0.15) is 0 Å². The molecule has 0 radical (unpaired) electrons. The van der Waals surface area contributed by atoms with Crippen LogP contribution < -0.4 is 5.32 Å². The van der Waals surface area contributed by atoms with Crippen LogP contribution >= 0.6 is 0 Å². The molecule has 1 fully saturated rings. The molecular formula is C18H29NO.